The molecule has 0 saturated heterocycles. The molecule has 0 bridgehead atoms. The standard InChI is InChI=1S/C11H15N5/c1-3-16-14-11(13-15-16)12-8-10-6-4-9(2)5-7-10/h4-7H,3,8H2,1-2H3,(H,12,14). The van der Waals surface area contributed by atoms with Crippen molar-refractivity contribution in [2.75, 3.05) is 5.32 Å². The number of aromatic nitrogens is 4. The molecule has 0 aliphatic rings. The summed E-state index contributed by atoms with van der Waals surface area (Å²) < 4.78 is 0. The maximum atomic E-state index is 4.14. The molecule has 1 heterocycles. The summed E-state index contributed by atoms with van der Waals surface area (Å²) in [5.74, 6) is 0.572. The molecular weight excluding hydrogens is 202 g/mol. The van der Waals surface area contributed by atoms with Gasteiger partial charge in [0.05, 0.1) is 6.54 Å². The maximum Gasteiger partial charge on any atom is 0.263 e. The van der Waals surface area contributed by atoms with E-state index in [1.165, 1.54) is 11.1 Å². The normalized spacial score (nSPS) is 10.4. The minimum Gasteiger partial charge on any atom is -0.348 e. The lowest BCUT2D eigenvalue weighted by Crippen LogP contribution is -2.02. The molecule has 5 nitrogen and oxygen atoms in total. The number of tetrazole rings is 1. The van der Waals surface area contributed by atoms with E-state index < -0.39 is 0 Å². The second kappa shape index (κ2) is 4.74. The predicted molar refractivity (Wildman–Crippen MR) is 62.0 cm³/mol. The molecular formula is C11H15N5. The molecule has 5 heteroatoms. The lowest BCUT2D eigenvalue weighted by atomic mass is 10.1. The number of anilines is 1. The van der Waals surface area contributed by atoms with Gasteiger partial charge >= 0.3 is 0 Å². The maximum absolute atomic E-state index is 4.14. The summed E-state index contributed by atoms with van der Waals surface area (Å²) in [4.78, 5) is 1.55. The number of benzene rings is 1. The van der Waals surface area contributed by atoms with E-state index >= 15 is 0 Å². The highest BCUT2D eigenvalue weighted by atomic mass is 15.6. The molecule has 0 radical (unpaired) electrons. The number of nitrogens with one attached hydrogen (secondary N) is 1. The molecule has 2 rings (SSSR count). The molecule has 0 aliphatic carbocycles. The minimum absolute atomic E-state index is 0.572. The molecule has 0 unspecified atom stereocenters. The van der Waals surface area contributed by atoms with Gasteiger partial charge in [-0.05, 0) is 24.6 Å². The van der Waals surface area contributed by atoms with Crippen LogP contribution in [0.15, 0.2) is 24.3 Å². The Hall–Kier alpha value is -1.91. The van der Waals surface area contributed by atoms with Gasteiger partial charge in [0, 0.05) is 6.54 Å². The molecule has 0 amide bonds. The summed E-state index contributed by atoms with van der Waals surface area (Å²) in [5, 5.41) is 15.0. The third-order valence-electron chi connectivity index (χ3n) is 2.31. The Morgan fingerprint density at radius 1 is 1.25 bits per heavy atom. The van der Waals surface area contributed by atoms with Crippen LogP contribution in [0.2, 0.25) is 0 Å². The quantitative estimate of drug-likeness (QED) is 0.845. The molecule has 0 saturated carbocycles. The highest BCUT2D eigenvalue weighted by Crippen LogP contribution is 2.05. The second-order valence-corrected chi connectivity index (χ2v) is 3.64. The van der Waals surface area contributed by atoms with Gasteiger partial charge in [0.15, 0.2) is 0 Å². The molecule has 0 atom stereocenters. The van der Waals surface area contributed by atoms with Gasteiger partial charge in [-0.25, -0.2) is 0 Å². The van der Waals surface area contributed by atoms with Gasteiger partial charge in [0.2, 0.25) is 0 Å². The zero-order valence-electron chi connectivity index (χ0n) is 9.51. The fourth-order valence-corrected chi connectivity index (χ4v) is 1.34. The lowest BCUT2D eigenvalue weighted by Gasteiger charge is -2.01. The molecule has 2 aromatic rings. The van der Waals surface area contributed by atoms with Crippen LogP contribution < -0.4 is 5.32 Å². The molecule has 0 fully saturated rings. The van der Waals surface area contributed by atoms with Crippen LogP contribution in [-0.2, 0) is 13.1 Å². The van der Waals surface area contributed by atoms with Crippen molar-refractivity contribution < 1.29 is 0 Å². The third kappa shape index (κ3) is 2.56. The van der Waals surface area contributed by atoms with Crippen molar-refractivity contribution in [3.8, 4) is 0 Å². The van der Waals surface area contributed by atoms with E-state index in [1.807, 2.05) is 6.92 Å². The van der Waals surface area contributed by atoms with Gasteiger partial charge in [0.25, 0.3) is 5.95 Å². The highest BCUT2D eigenvalue weighted by molar-refractivity contribution is 5.27. The van der Waals surface area contributed by atoms with Crippen molar-refractivity contribution in [3.63, 3.8) is 0 Å². The summed E-state index contributed by atoms with van der Waals surface area (Å²) in [7, 11) is 0. The molecule has 1 N–H and O–H groups in total. The van der Waals surface area contributed by atoms with E-state index in [1.54, 1.807) is 4.80 Å². The number of hydrogen-bond acceptors (Lipinski definition) is 4. The predicted octanol–water partition coefficient (Wildman–Crippen LogP) is 1.61. The smallest absolute Gasteiger partial charge is 0.263 e. The summed E-state index contributed by atoms with van der Waals surface area (Å²) >= 11 is 0. The van der Waals surface area contributed by atoms with Crippen molar-refractivity contribution in [2.45, 2.75) is 26.9 Å². The Morgan fingerprint density at radius 2 is 2.00 bits per heavy atom. The minimum atomic E-state index is 0.572. The van der Waals surface area contributed by atoms with Gasteiger partial charge < -0.3 is 5.32 Å². The Kier molecular flexibility index (Phi) is 3.14. The zero-order chi connectivity index (χ0) is 11.4. The van der Waals surface area contributed by atoms with Gasteiger partial charge in [0.1, 0.15) is 0 Å². The first kappa shape index (κ1) is 10.6. The van der Waals surface area contributed by atoms with Crippen LogP contribution in [0.25, 0.3) is 0 Å². The third-order valence-corrected chi connectivity index (χ3v) is 2.31. The average molecular weight is 217 g/mol. The summed E-state index contributed by atoms with van der Waals surface area (Å²) in [6.45, 7) is 5.51. The van der Waals surface area contributed by atoms with Gasteiger partial charge in [-0.3, -0.25) is 0 Å². The van der Waals surface area contributed by atoms with Crippen LogP contribution in [0.5, 0.6) is 0 Å². The van der Waals surface area contributed by atoms with Crippen molar-refractivity contribution in [1.29, 1.82) is 0 Å². The lowest BCUT2D eigenvalue weighted by molar-refractivity contribution is 0.552. The first-order valence-corrected chi connectivity index (χ1v) is 5.35. The fourth-order valence-electron chi connectivity index (χ4n) is 1.34. The number of aryl methyl sites for hydroxylation is 2. The SMILES string of the molecule is CCn1nnc(NCc2ccc(C)cc2)n1. The topological polar surface area (TPSA) is 55.6 Å². The second-order valence-electron chi connectivity index (χ2n) is 3.64. The number of hydrogen-bond donors (Lipinski definition) is 1. The summed E-state index contributed by atoms with van der Waals surface area (Å²) in [6.07, 6.45) is 0. The fraction of sp³-hybridized carbons (Fsp3) is 0.364. The molecule has 16 heavy (non-hydrogen) atoms. The monoisotopic (exact) mass is 217 g/mol. The van der Waals surface area contributed by atoms with Gasteiger partial charge in [-0.15, -0.1) is 5.10 Å². The largest absolute Gasteiger partial charge is 0.348 e. The Labute approximate surface area is 94.5 Å². The van der Waals surface area contributed by atoms with E-state index in [4.69, 9.17) is 0 Å². The number of rotatable bonds is 4. The first-order chi connectivity index (χ1) is 7.78. The highest BCUT2D eigenvalue weighted by Gasteiger charge is 2.00. The van der Waals surface area contributed by atoms with Gasteiger partial charge in [-0.2, -0.15) is 4.80 Å². The number of nitrogens with zero attached hydrogens (tertiary/aromatic N) is 4. The van der Waals surface area contributed by atoms with Crippen LogP contribution in [0.4, 0.5) is 5.95 Å². The van der Waals surface area contributed by atoms with E-state index in [-0.39, 0.29) is 0 Å². The summed E-state index contributed by atoms with van der Waals surface area (Å²) in [6, 6.07) is 8.36. The van der Waals surface area contributed by atoms with E-state index in [9.17, 15) is 0 Å². The van der Waals surface area contributed by atoms with Crippen LogP contribution in [0.1, 0.15) is 18.1 Å². The van der Waals surface area contributed by atoms with E-state index in [2.05, 4.69) is 51.9 Å². The van der Waals surface area contributed by atoms with Crippen LogP contribution >= 0.6 is 0 Å². The van der Waals surface area contributed by atoms with E-state index in [0.717, 1.165) is 13.1 Å². The molecule has 0 aliphatic heterocycles. The summed E-state index contributed by atoms with van der Waals surface area (Å²) in [5.41, 5.74) is 2.47. The van der Waals surface area contributed by atoms with Crippen molar-refractivity contribution in [3.05, 3.63) is 35.4 Å². The molecule has 0 spiro atoms. The van der Waals surface area contributed by atoms with Crippen molar-refractivity contribution >= 4 is 5.95 Å². The Balaban J connectivity index is 1.94. The van der Waals surface area contributed by atoms with E-state index in [0.29, 0.717) is 5.95 Å². The average Bonchev–Trinajstić information content (AvgIpc) is 2.76. The van der Waals surface area contributed by atoms with Crippen LogP contribution in [-0.4, -0.2) is 20.2 Å². The zero-order valence-corrected chi connectivity index (χ0v) is 9.51. The first-order valence-electron chi connectivity index (χ1n) is 5.35. The Morgan fingerprint density at radius 3 is 2.62 bits per heavy atom. The van der Waals surface area contributed by atoms with Gasteiger partial charge in [-0.1, -0.05) is 34.9 Å². The van der Waals surface area contributed by atoms with Crippen molar-refractivity contribution in [1.82, 2.24) is 20.2 Å². The van der Waals surface area contributed by atoms with Crippen LogP contribution in [0, 0.1) is 6.92 Å². The Bertz CT molecular complexity index is 446. The molecule has 84 valence electrons. The molecule has 1 aromatic carbocycles. The van der Waals surface area contributed by atoms with Crippen LogP contribution in [0.3, 0.4) is 0 Å². The molecule has 1 aromatic heterocycles. The van der Waals surface area contributed by atoms with Crippen molar-refractivity contribution in [2.24, 2.45) is 0 Å².